The van der Waals surface area contributed by atoms with E-state index in [2.05, 4.69) is 15.5 Å². The van der Waals surface area contributed by atoms with E-state index in [1.807, 2.05) is 12.1 Å². The van der Waals surface area contributed by atoms with E-state index in [0.717, 1.165) is 31.7 Å². The number of anilines is 1. The number of para-hydroxylation sites is 1. The number of hydrogen-bond acceptors (Lipinski definition) is 5. The van der Waals surface area contributed by atoms with Gasteiger partial charge in [0.25, 0.3) is 11.8 Å². The quantitative estimate of drug-likeness (QED) is 0.531. The number of rotatable bonds is 8. The molecule has 4 rings (SSSR count). The highest BCUT2D eigenvalue weighted by molar-refractivity contribution is 6.09. The second kappa shape index (κ2) is 10.8. The van der Waals surface area contributed by atoms with Crippen LogP contribution in [0.3, 0.4) is 0 Å². The molecule has 0 saturated carbocycles. The lowest BCUT2D eigenvalue weighted by Crippen LogP contribution is -2.40. The molecule has 0 spiro atoms. The fourth-order valence-corrected chi connectivity index (χ4v) is 4.13. The molecule has 0 aliphatic carbocycles. The number of amides is 2. The first-order valence-corrected chi connectivity index (χ1v) is 11.3. The maximum absolute atomic E-state index is 13.1. The zero-order valence-electron chi connectivity index (χ0n) is 18.8. The second-order valence-corrected chi connectivity index (χ2v) is 8.07. The Balaban J connectivity index is 1.45. The van der Waals surface area contributed by atoms with Gasteiger partial charge in [-0.3, -0.25) is 14.5 Å². The number of furan rings is 1. The van der Waals surface area contributed by atoms with Crippen molar-refractivity contribution in [3.8, 4) is 5.75 Å². The Morgan fingerprint density at radius 3 is 2.42 bits per heavy atom. The number of hydrogen-bond donors (Lipinski definition) is 2. The summed E-state index contributed by atoms with van der Waals surface area (Å²) in [4.78, 5) is 28.2. The number of piperidine rings is 1. The smallest absolute Gasteiger partial charge is 0.255 e. The topological polar surface area (TPSA) is 83.8 Å². The average molecular weight is 448 g/mol. The van der Waals surface area contributed by atoms with E-state index < -0.39 is 0 Å². The van der Waals surface area contributed by atoms with E-state index in [1.165, 1.54) is 6.42 Å². The van der Waals surface area contributed by atoms with Gasteiger partial charge >= 0.3 is 0 Å². The van der Waals surface area contributed by atoms with Gasteiger partial charge in [0.05, 0.1) is 30.7 Å². The van der Waals surface area contributed by atoms with Crippen LogP contribution in [0, 0.1) is 0 Å². The standard InChI is InChI=1S/C26H29N3O4/c1-32-20-13-11-19(12-14-20)25(30)28-22-9-4-3-8-21(22)26(31)27-18-23(24-10-7-17-33-24)29-15-5-2-6-16-29/h3-4,7-14,17,23H,2,5-6,15-16,18H2,1H3,(H,27,31)(H,28,30). The number of ether oxygens (including phenoxy) is 1. The summed E-state index contributed by atoms with van der Waals surface area (Å²) in [6, 6.07) is 17.6. The summed E-state index contributed by atoms with van der Waals surface area (Å²) in [5.74, 6) is 0.985. The van der Waals surface area contributed by atoms with Crippen molar-refractivity contribution in [2.45, 2.75) is 25.3 Å². The van der Waals surface area contributed by atoms with Gasteiger partial charge in [0.2, 0.25) is 0 Å². The van der Waals surface area contributed by atoms with Crippen LogP contribution in [-0.2, 0) is 0 Å². The molecular formula is C26H29N3O4. The van der Waals surface area contributed by atoms with Crippen LogP contribution in [-0.4, -0.2) is 43.5 Å². The van der Waals surface area contributed by atoms with E-state index in [4.69, 9.17) is 9.15 Å². The first-order valence-electron chi connectivity index (χ1n) is 11.3. The van der Waals surface area contributed by atoms with Crippen LogP contribution in [0.1, 0.15) is 51.8 Å². The van der Waals surface area contributed by atoms with E-state index >= 15 is 0 Å². The molecule has 172 valence electrons. The number of benzene rings is 2. The molecule has 1 aromatic heterocycles. The Morgan fingerprint density at radius 2 is 1.73 bits per heavy atom. The lowest BCUT2D eigenvalue weighted by Gasteiger charge is -2.33. The van der Waals surface area contributed by atoms with Crippen LogP contribution < -0.4 is 15.4 Å². The lowest BCUT2D eigenvalue weighted by molar-refractivity contribution is 0.0915. The number of nitrogens with zero attached hydrogens (tertiary/aromatic N) is 1. The molecule has 0 bridgehead atoms. The Labute approximate surface area is 193 Å². The highest BCUT2D eigenvalue weighted by atomic mass is 16.5. The number of likely N-dealkylation sites (tertiary alicyclic amines) is 1. The number of carbonyl (C=O) groups is 2. The van der Waals surface area contributed by atoms with Crippen molar-refractivity contribution in [2.24, 2.45) is 0 Å². The minimum atomic E-state index is -0.292. The molecule has 1 aliphatic rings. The SMILES string of the molecule is COc1ccc(C(=O)Nc2ccccc2C(=O)NCC(c2ccco2)N2CCCCC2)cc1. The maximum Gasteiger partial charge on any atom is 0.255 e. The molecular weight excluding hydrogens is 418 g/mol. The molecule has 1 unspecified atom stereocenters. The third-order valence-corrected chi connectivity index (χ3v) is 5.93. The molecule has 2 N–H and O–H groups in total. The van der Waals surface area contributed by atoms with E-state index in [0.29, 0.717) is 29.1 Å². The van der Waals surface area contributed by atoms with E-state index in [1.54, 1.807) is 61.9 Å². The Kier molecular flexibility index (Phi) is 7.42. The lowest BCUT2D eigenvalue weighted by atomic mass is 10.1. The number of nitrogens with one attached hydrogen (secondary N) is 2. The maximum atomic E-state index is 13.1. The fourth-order valence-electron chi connectivity index (χ4n) is 4.13. The molecule has 0 radical (unpaired) electrons. The van der Waals surface area contributed by atoms with Gasteiger partial charge in [0, 0.05) is 12.1 Å². The largest absolute Gasteiger partial charge is 0.497 e. The molecule has 1 atom stereocenters. The van der Waals surface area contributed by atoms with Crippen LogP contribution in [0.15, 0.2) is 71.3 Å². The monoisotopic (exact) mass is 447 g/mol. The molecule has 2 aromatic carbocycles. The van der Waals surface area contributed by atoms with Crippen molar-refractivity contribution in [1.29, 1.82) is 0 Å². The third kappa shape index (κ3) is 5.62. The van der Waals surface area contributed by atoms with Gasteiger partial charge in [-0.1, -0.05) is 18.6 Å². The van der Waals surface area contributed by atoms with Crippen LogP contribution in [0.2, 0.25) is 0 Å². The van der Waals surface area contributed by atoms with Crippen LogP contribution in [0.4, 0.5) is 5.69 Å². The van der Waals surface area contributed by atoms with Gasteiger partial charge in [-0.25, -0.2) is 0 Å². The first-order chi connectivity index (χ1) is 16.2. The van der Waals surface area contributed by atoms with Crippen molar-refractivity contribution in [3.63, 3.8) is 0 Å². The summed E-state index contributed by atoms with van der Waals surface area (Å²) in [7, 11) is 1.58. The number of carbonyl (C=O) groups excluding carboxylic acids is 2. The predicted octanol–water partition coefficient (Wildman–Crippen LogP) is 4.50. The molecule has 2 heterocycles. The van der Waals surface area contributed by atoms with E-state index in [-0.39, 0.29) is 17.9 Å². The summed E-state index contributed by atoms with van der Waals surface area (Å²) in [6.07, 6.45) is 5.18. The van der Waals surface area contributed by atoms with Crippen LogP contribution >= 0.6 is 0 Å². The van der Waals surface area contributed by atoms with Crippen LogP contribution in [0.25, 0.3) is 0 Å². The van der Waals surface area contributed by atoms with Crippen molar-refractivity contribution >= 4 is 17.5 Å². The minimum absolute atomic E-state index is 0.0229. The molecule has 33 heavy (non-hydrogen) atoms. The summed E-state index contributed by atoms with van der Waals surface area (Å²) in [6.45, 7) is 2.39. The summed E-state index contributed by atoms with van der Waals surface area (Å²) in [5.41, 5.74) is 1.36. The third-order valence-electron chi connectivity index (χ3n) is 5.93. The Bertz CT molecular complexity index is 1060. The zero-order chi connectivity index (χ0) is 23.0. The van der Waals surface area contributed by atoms with Crippen LogP contribution in [0.5, 0.6) is 5.75 Å². The van der Waals surface area contributed by atoms with Gasteiger partial charge in [-0.05, 0) is 74.5 Å². The predicted molar refractivity (Wildman–Crippen MR) is 127 cm³/mol. The van der Waals surface area contributed by atoms with Gasteiger partial charge in [-0.15, -0.1) is 0 Å². The number of methoxy groups -OCH3 is 1. The van der Waals surface area contributed by atoms with Gasteiger partial charge < -0.3 is 19.8 Å². The van der Waals surface area contributed by atoms with Crippen molar-refractivity contribution < 1.29 is 18.7 Å². The average Bonchev–Trinajstić information content (AvgIpc) is 3.40. The van der Waals surface area contributed by atoms with Crippen molar-refractivity contribution in [2.75, 3.05) is 32.1 Å². The van der Waals surface area contributed by atoms with E-state index in [9.17, 15) is 9.59 Å². The summed E-state index contributed by atoms with van der Waals surface area (Å²) in [5, 5.41) is 5.90. The molecule has 7 nitrogen and oxygen atoms in total. The molecule has 2 amide bonds. The Morgan fingerprint density at radius 1 is 0.970 bits per heavy atom. The van der Waals surface area contributed by atoms with Gasteiger partial charge in [-0.2, -0.15) is 0 Å². The fraction of sp³-hybridized carbons (Fsp3) is 0.308. The highest BCUT2D eigenvalue weighted by Gasteiger charge is 2.25. The molecule has 1 saturated heterocycles. The molecule has 3 aromatic rings. The van der Waals surface area contributed by atoms with Gasteiger partial charge in [0.15, 0.2) is 0 Å². The Hall–Kier alpha value is -3.58. The molecule has 1 fully saturated rings. The summed E-state index contributed by atoms with van der Waals surface area (Å²) >= 11 is 0. The van der Waals surface area contributed by atoms with Crippen molar-refractivity contribution in [1.82, 2.24) is 10.2 Å². The first kappa shape index (κ1) is 22.6. The van der Waals surface area contributed by atoms with Crippen molar-refractivity contribution in [3.05, 3.63) is 83.8 Å². The highest BCUT2D eigenvalue weighted by Crippen LogP contribution is 2.25. The summed E-state index contributed by atoms with van der Waals surface area (Å²) < 4.78 is 10.8. The zero-order valence-corrected chi connectivity index (χ0v) is 18.8. The van der Waals surface area contributed by atoms with Gasteiger partial charge in [0.1, 0.15) is 11.5 Å². The minimum Gasteiger partial charge on any atom is -0.497 e. The second-order valence-electron chi connectivity index (χ2n) is 8.07. The molecule has 7 heteroatoms. The molecule has 1 aliphatic heterocycles. The normalized spacial score (nSPS) is 14.9.